The third-order valence-electron chi connectivity index (χ3n) is 4.84. The van der Waals surface area contributed by atoms with E-state index in [1.54, 1.807) is 6.07 Å². The molecule has 0 saturated heterocycles. The third kappa shape index (κ3) is 4.07. The van der Waals surface area contributed by atoms with Gasteiger partial charge < -0.3 is 9.84 Å². The van der Waals surface area contributed by atoms with E-state index in [4.69, 9.17) is 4.74 Å². The molecule has 0 bridgehead atoms. The highest BCUT2D eigenvalue weighted by molar-refractivity contribution is 5.76. The molecular formula is C21H26O2. The van der Waals surface area contributed by atoms with Crippen LogP contribution in [0, 0.1) is 12.8 Å². The number of phenols is 1. The molecule has 3 rings (SSSR count). The Bertz CT molecular complexity index is 642. The fraction of sp³-hybridized carbons (Fsp3) is 0.429. The zero-order valence-electron chi connectivity index (χ0n) is 13.9. The number of ether oxygens (including phenoxy) is 1. The second kappa shape index (κ2) is 7.54. The molecule has 2 heteroatoms. The minimum atomic E-state index is 0.305. The Kier molecular flexibility index (Phi) is 5.22. The van der Waals surface area contributed by atoms with Crippen LogP contribution in [0.4, 0.5) is 0 Å². The fourth-order valence-corrected chi connectivity index (χ4v) is 3.49. The van der Waals surface area contributed by atoms with Crippen molar-refractivity contribution in [3.63, 3.8) is 0 Å². The summed E-state index contributed by atoms with van der Waals surface area (Å²) in [6.45, 7) is 2.80. The van der Waals surface area contributed by atoms with Gasteiger partial charge in [-0.2, -0.15) is 0 Å². The van der Waals surface area contributed by atoms with Gasteiger partial charge in [0, 0.05) is 11.1 Å². The third-order valence-corrected chi connectivity index (χ3v) is 4.84. The Morgan fingerprint density at radius 2 is 1.78 bits per heavy atom. The van der Waals surface area contributed by atoms with Gasteiger partial charge in [-0.05, 0) is 37.5 Å². The van der Waals surface area contributed by atoms with Crippen LogP contribution in [0.15, 0.2) is 42.5 Å². The molecule has 0 spiro atoms. The number of aryl methyl sites for hydroxylation is 1. The maximum Gasteiger partial charge on any atom is 0.127 e. The second-order valence-corrected chi connectivity index (χ2v) is 6.66. The van der Waals surface area contributed by atoms with Crippen molar-refractivity contribution in [2.75, 3.05) is 6.61 Å². The summed E-state index contributed by atoms with van der Waals surface area (Å²) in [7, 11) is 0. The molecule has 0 unspecified atom stereocenters. The van der Waals surface area contributed by atoms with Crippen molar-refractivity contribution in [3.8, 4) is 22.6 Å². The van der Waals surface area contributed by atoms with E-state index in [2.05, 4.69) is 0 Å². The summed E-state index contributed by atoms with van der Waals surface area (Å²) < 4.78 is 6.08. The van der Waals surface area contributed by atoms with E-state index >= 15 is 0 Å². The lowest BCUT2D eigenvalue weighted by Crippen LogP contribution is -2.11. The van der Waals surface area contributed by atoms with Crippen molar-refractivity contribution < 1.29 is 9.84 Å². The van der Waals surface area contributed by atoms with Crippen LogP contribution in [0.1, 0.15) is 44.1 Å². The van der Waals surface area contributed by atoms with Crippen molar-refractivity contribution >= 4 is 0 Å². The van der Waals surface area contributed by atoms with Gasteiger partial charge in [0.15, 0.2) is 0 Å². The first-order valence-electron chi connectivity index (χ1n) is 8.76. The summed E-state index contributed by atoms with van der Waals surface area (Å²) in [5, 5.41) is 10.2. The Labute approximate surface area is 139 Å². The van der Waals surface area contributed by atoms with E-state index in [9.17, 15) is 5.11 Å². The standard InChI is InChI=1S/C21H26O2/c1-16-11-12-20(22)19(15-16)18-9-5-6-10-21(18)23-14-13-17-7-3-2-4-8-17/h5-6,9-12,15,17,22H,2-4,7-8,13-14H2,1H3. The fourth-order valence-electron chi connectivity index (χ4n) is 3.49. The zero-order chi connectivity index (χ0) is 16.1. The molecule has 0 aromatic heterocycles. The van der Waals surface area contributed by atoms with E-state index < -0.39 is 0 Å². The topological polar surface area (TPSA) is 29.5 Å². The average molecular weight is 310 g/mol. The molecule has 0 heterocycles. The Morgan fingerprint density at radius 3 is 2.61 bits per heavy atom. The van der Waals surface area contributed by atoms with Crippen molar-refractivity contribution in [3.05, 3.63) is 48.0 Å². The lowest BCUT2D eigenvalue weighted by atomic mass is 9.87. The first kappa shape index (κ1) is 15.9. The SMILES string of the molecule is Cc1ccc(O)c(-c2ccccc2OCCC2CCCCC2)c1. The predicted octanol–water partition coefficient (Wildman–Crippen LogP) is 5.72. The molecule has 0 aliphatic heterocycles. The number of aromatic hydroxyl groups is 1. The van der Waals surface area contributed by atoms with Crippen LogP contribution in [0.25, 0.3) is 11.1 Å². The Hall–Kier alpha value is -1.96. The highest BCUT2D eigenvalue weighted by Gasteiger charge is 2.14. The number of benzene rings is 2. The van der Waals surface area contributed by atoms with Gasteiger partial charge in [-0.15, -0.1) is 0 Å². The normalized spacial score (nSPS) is 15.5. The van der Waals surface area contributed by atoms with Gasteiger partial charge in [-0.1, -0.05) is 61.9 Å². The number of rotatable bonds is 5. The van der Waals surface area contributed by atoms with Gasteiger partial charge in [0.2, 0.25) is 0 Å². The molecule has 1 aliphatic rings. The predicted molar refractivity (Wildman–Crippen MR) is 95.0 cm³/mol. The number of hydrogen-bond acceptors (Lipinski definition) is 2. The molecule has 122 valence electrons. The number of phenolic OH excluding ortho intramolecular Hbond substituents is 1. The van der Waals surface area contributed by atoms with Crippen molar-refractivity contribution in [1.29, 1.82) is 0 Å². The van der Waals surface area contributed by atoms with E-state index in [0.717, 1.165) is 41.4 Å². The maximum atomic E-state index is 10.2. The molecular weight excluding hydrogens is 284 g/mol. The van der Waals surface area contributed by atoms with Gasteiger partial charge >= 0.3 is 0 Å². The molecule has 2 aromatic carbocycles. The van der Waals surface area contributed by atoms with E-state index in [-0.39, 0.29) is 0 Å². The van der Waals surface area contributed by atoms with E-state index in [1.165, 1.54) is 32.1 Å². The summed E-state index contributed by atoms with van der Waals surface area (Å²) in [6.07, 6.45) is 7.98. The van der Waals surface area contributed by atoms with Gasteiger partial charge in [0.05, 0.1) is 6.61 Å². The first-order chi connectivity index (χ1) is 11.2. The highest BCUT2D eigenvalue weighted by Crippen LogP contribution is 2.36. The Morgan fingerprint density at radius 1 is 1.00 bits per heavy atom. The minimum absolute atomic E-state index is 0.305. The molecule has 1 N–H and O–H groups in total. The van der Waals surface area contributed by atoms with Gasteiger partial charge in [0.25, 0.3) is 0 Å². The molecule has 1 aliphatic carbocycles. The summed E-state index contributed by atoms with van der Waals surface area (Å²) in [6, 6.07) is 13.7. The van der Waals surface area contributed by atoms with Crippen LogP contribution < -0.4 is 4.74 Å². The van der Waals surface area contributed by atoms with E-state index in [1.807, 2.05) is 43.3 Å². The lowest BCUT2D eigenvalue weighted by molar-refractivity contribution is 0.247. The monoisotopic (exact) mass is 310 g/mol. The van der Waals surface area contributed by atoms with Crippen molar-refractivity contribution in [2.24, 2.45) is 5.92 Å². The maximum absolute atomic E-state index is 10.2. The number of hydrogen-bond donors (Lipinski definition) is 1. The average Bonchev–Trinajstić information content (AvgIpc) is 2.59. The molecule has 0 atom stereocenters. The number of para-hydroxylation sites is 1. The van der Waals surface area contributed by atoms with Crippen molar-refractivity contribution in [2.45, 2.75) is 45.4 Å². The van der Waals surface area contributed by atoms with Gasteiger partial charge in [-0.25, -0.2) is 0 Å². The first-order valence-corrected chi connectivity index (χ1v) is 8.76. The summed E-state index contributed by atoms with van der Waals surface area (Å²) in [4.78, 5) is 0. The smallest absolute Gasteiger partial charge is 0.127 e. The van der Waals surface area contributed by atoms with Crippen LogP contribution in [0.2, 0.25) is 0 Å². The Balaban J connectivity index is 1.71. The lowest BCUT2D eigenvalue weighted by Gasteiger charge is -2.21. The molecule has 2 nitrogen and oxygen atoms in total. The van der Waals surface area contributed by atoms with E-state index in [0.29, 0.717) is 5.75 Å². The minimum Gasteiger partial charge on any atom is -0.507 e. The van der Waals surface area contributed by atoms with Crippen LogP contribution in [-0.4, -0.2) is 11.7 Å². The molecule has 1 fully saturated rings. The van der Waals surface area contributed by atoms with Crippen LogP contribution >= 0.6 is 0 Å². The summed E-state index contributed by atoms with van der Waals surface area (Å²) in [5.41, 5.74) is 2.95. The van der Waals surface area contributed by atoms with Gasteiger partial charge in [0.1, 0.15) is 11.5 Å². The summed E-state index contributed by atoms with van der Waals surface area (Å²) in [5.74, 6) is 1.99. The highest BCUT2D eigenvalue weighted by atomic mass is 16.5. The molecule has 0 radical (unpaired) electrons. The molecule has 1 saturated carbocycles. The molecule has 0 amide bonds. The largest absolute Gasteiger partial charge is 0.507 e. The summed E-state index contributed by atoms with van der Waals surface area (Å²) >= 11 is 0. The second-order valence-electron chi connectivity index (χ2n) is 6.66. The van der Waals surface area contributed by atoms with Crippen LogP contribution in [0.5, 0.6) is 11.5 Å². The van der Waals surface area contributed by atoms with Crippen LogP contribution in [0.3, 0.4) is 0 Å². The van der Waals surface area contributed by atoms with Crippen LogP contribution in [-0.2, 0) is 0 Å². The quantitative estimate of drug-likeness (QED) is 0.765. The zero-order valence-corrected chi connectivity index (χ0v) is 13.9. The van der Waals surface area contributed by atoms with Gasteiger partial charge in [-0.3, -0.25) is 0 Å². The molecule has 2 aromatic rings. The van der Waals surface area contributed by atoms with Crippen molar-refractivity contribution in [1.82, 2.24) is 0 Å². The molecule has 23 heavy (non-hydrogen) atoms.